The monoisotopic (exact) mass is 525 g/mol. The first-order chi connectivity index (χ1) is 17.6. The van der Waals surface area contributed by atoms with Gasteiger partial charge in [-0.2, -0.15) is 0 Å². The van der Waals surface area contributed by atoms with Crippen molar-refractivity contribution in [2.75, 3.05) is 48.2 Å². The molecule has 0 bridgehead atoms. The van der Waals surface area contributed by atoms with Crippen LogP contribution >= 0.6 is 0 Å². The molecule has 7 nitrogen and oxygen atoms in total. The number of carbonyl (C=O) groups is 1. The van der Waals surface area contributed by atoms with Crippen LogP contribution in [0.25, 0.3) is 0 Å². The number of benzene rings is 3. The first-order valence-electron chi connectivity index (χ1n) is 12.2. The third-order valence-electron chi connectivity index (χ3n) is 6.68. The number of aryl methyl sites for hydroxylation is 1. The second-order valence-corrected chi connectivity index (χ2v) is 11.2. The summed E-state index contributed by atoms with van der Waals surface area (Å²) in [7, 11) is -3.58. The molecule has 9 heteroatoms. The lowest BCUT2D eigenvalue weighted by atomic mass is 10.1. The van der Waals surface area contributed by atoms with Crippen molar-refractivity contribution in [3.05, 3.63) is 89.2 Å². The van der Waals surface area contributed by atoms with Gasteiger partial charge in [-0.1, -0.05) is 24.3 Å². The van der Waals surface area contributed by atoms with Crippen LogP contribution in [-0.2, 0) is 21.4 Å². The molecule has 1 heterocycles. The Morgan fingerprint density at radius 3 is 2.22 bits per heavy atom. The SMILES string of the molecule is Cc1cccc(N2CCN(C(=O)COc3ccc(N(Cc4ccc(F)cc4)S(C)(=O)=O)cc3)CC2)c1C. The largest absolute Gasteiger partial charge is 0.484 e. The van der Waals surface area contributed by atoms with Gasteiger partial charge in [0.15, 0.2) is 6.61 Å². The third kappa shape index (κ3) is 6.60. The second-order valence-electron chi connectivity index (χ2n) is 9.27. The first-order valence-corrected chi connectivity index (χ1v) is 14.0. The highest BCUT2D eigenvalue weighted by Gasteiger charge is 2.23. The number of hydrogen-bond donors (Lipinski definition) is 0. The van der Waals surface area contributed by atoms with E-state index in [4.69, 9.17) is 4.74 Å². The van der Waals surface area contributed by atoms with Crippen molar-refractivity contribution in [1.82, 2.24) is 4.90 Å². The van der Waals surface area contributed by atoms with Crippen molar-refractivity contribution >= 4 is 27.3 Å². The van der Waals surface area contributed by atoms with E-state index >= 15 is 0 Å². The molecular formula is C28H32FN3O4S. The van der Waals surface area contributed by atoms with Gasteiger partial charge in [-0.15, -0.1) is 0 Å². The van der Waals surface area contributed by atoms with Gasteiger partial charge in [-0.3, -0.25) is 9.10 Å². The molecule has 0 aromatic heterocycles. The van der Waals surface area contributed by atoms with Crippen molar-refractivity contribution in [3.8, 4) is 5.75 Å². The van der Waals surface area contributed by atoms with Crippen LogP contribution in [0.15, 0.2) is 66.7 Å². The van der Waals surface area contributed by atoms with E-state index in [9.17, 15) is 17.6 Å². The number of carbonyl (C=O) groups excluding carboxylic acids is 1. The molecule has 0 aliphatic carbocycles. The number of piperazine rings is 1. The Morgan fingerprint density at radius 1 is 0.946 bits per heavy atom. The number of ether oxygens (including phenoxy) is 1. The van der Waals surface area contributed by atoms with Gasteiger partial charge in [0.1, 0.15) is 11.6 Å². The average molecular weight is 526 g/mol. The standard InChI is InChI=1S/C28H32FN3O4S/c1-21-5-4-6-27(22(21)2)30-15-17-31(18-16-30)28(33)20-36-26-13-11-25(12-14-26)32(37(3,34)35)19-23-7-9-24(29)10-8-23/h4-14H,15-20H2,1-3H3. The topological polar surface area (TPSA) is 70.2 Å². The lowest BCUT2D eigenvalue weighted by molar-refractivity contribution is -0.133. The Labute approximate surface area is 218 Å². The average Bonchev–Trinajstić information content (AvgIpc) is 2.88. The van der Waals surface area contributed by atoms with E-state index in [0.717, 1.165) is 19.3 Å². The Morgan fingerprint density at radius 2 is 1.59 bits per heavy atom. The molecule has 0 atom stereocenters. The number of nitrogens with zero attached hydrogens (tertiary/aromatic N) is 3. The van der Waals surface area contributed by atoms with Crippen molar-refractivity contribution in [2.24, 2.45) is 0 Å². The zero-order valence-electron chi connectivity index (χ0n) is 21.4. The molecule has 4 rings (SSSR count). The quantitative estimate of drug-likeness (QED) is 0.442. The fourth-order valence-corrected chi connectivity index (χ4v) is 5.26. The zero-order valence-corrected chi connectivity index (χ0v) is 22.2. The van der Waals surface area contributed by atoms with Crippen molar-refractivity contribution in [2.45, 2.75) is 20.4 Å². The highest BCUT2D eigenvalue weighted by molar-refractivity contribution is 7.92. The van der Waals surface area contributed by atoms with Gasteiger partial charge < -0.3 is 14.5 Å². The van der Waals surface area contributed by atoms with Gasteiger partial charge in [-0.05, 0) is 73.0 Å². The molecule has 37 heavy (non-hydrogen) atoms. The molecule has 1 aliphatic heterocycles. The van der Waals surface area contributed by atoms with Gasteiger partial charge in [0.25, 0.3) is 5.91 Å². The number of rotatable bonds is 8. The minimum absolute atomic E-state index is 0.0753. The fraction of sp³-hybridized carbons (Fsp3) is 0.321. The van der Waals surface area contributed by atoms with Crippen LogP contribution in [0.1, 0.15) is 16.7 Å². The van der Waals surface area contributed by atoms with Crippen molar-refractivity contribution < 1.29 is 22.3 Å². The summed E-state index contributed by atoms with van der Waals surface area (Å²) < 4.78 is 44.9. The second kappa shape index (κ2) is 11.2. The molecule has 196 valence electrons. The number of sulfonamides is 1. The molecule has 0 spiro atoms. The smallest absolute Gasteiger partial charge is 0.260 e. The van der Waals surface area contributed by atoms with E-state index in [-0.39, 0.29) is 24.9 Å². The van der Waals surface area contributed by atoms with E-state index in [1.165, 1.54) is 33.3 Å². The first kappa shape index (κ1) is 26.5. The molecule has 0 unspecified atom stereocenters. The normalized spacial score (nSPS) is 13.9. The number of halogens is 1. The van der Waals surface area contributed by atoms with Crippen LogP contribution in [0.2, 0.25) is 0 Å². The Hall–Kier alpha value is -3.59. The fourth-order valence-electron chi connectivity index (χ4n) is 4.38. The van der Waals surface area contributed by atoms with E-state index in [2.05, 4.69) is 36.9 Å². The van der Waals surface area contributed by atoms with Crippen LogP contribution in [0, 0.1) is 19.7 Å². The maximum atomic E-state index is 13.2. The van der Waals surface area contributed by atoms with Crippen molar-refractivity contribution in [1.29, 1.82) is 0 Å². The molecule has 3 aromatic rings. The van der Waals surface area contributed by atoms with Gasteiger partial charge in [-0.25, -0.2) is 12.8 Å². The summed E-state index contributed by atoms with van der Waals surface area (Å²) in [5.74, 6) is 0.00840. The minimum atomic E-state index is -3.58. The highest BCUT2D eigenvalue weighted by atomic mass is 32.2. The van der Waals surface area contributed by atoms with Crippen LogP contribution in [-0.4, -0.2) is 58.3 Å². The summed E-state index contributed by atoms with van der Waals surface area (Å²) >= 11 is 0. The summed E-state index contributed by atoms with van der Waals surface area (Å²) in [6.07, 6.45) is 1.12. The zero-order chi connectivity index (χ0) is 26.6. The molecule has 1 fully saturated rings. The molecule has 3 aromatic carbocycles. The molecular weight excluding hydrogens is 493 g/mol. The maximum absolute atomic E-state index is 13.2. The van der Waals surface area contributed by atoms with Gasteiger partial charge in [0.05, 0.1) is 18.5 Å². The van der Waals surface area contributed by atoms with Gasteiger partial charge >= 0.3 is 0 Å². The molecule has 1 amide bonds. The van der Waals surface area contributed by atoms with Gasteiger partial charge in [0.2, 0.25) is 10.0 Å². The molecule has 0 radical (unpaired) electrons. The summed E-state index contributed by atoms with van der Waals surface area (Å²) in [4.78, 5) is 16.9. The molecule has 0 saturated carbocycles. The number of anilines is 2. The van der Waals surface area contributed by atoms with E-state index in [0.29, 0.717) is 30.1 Å². The Kier molecular flexibility index (Phi) is 8.02. The Bertz CT molecular complexity index is 1340. The lowest BCUT2D eigenvalue weighted by Crippen LogP contribution is -2.50. The van der Waals surface area contributed by atoms with Crippen LogP contribution < -0.4 is 13.9 Å². The maximum Gasteiger partial charge on any atom is 0.260 e. The summed E-state index contributed by atoms with van der Waals surface area (Å²) in [5.41, 5.74) is 4.85. The predicted molar refractivity (Wildman–Crippen MR) is 144 cm³/mol. The Balaban J connectivity index is 1.32. The van der Waals surface area contributed by atoms with E-state index < -0.39 is 10.0 Å². The predicted octanol–water partition coefficient (Wildman–Crippen LogP) is 4.14. The highest BCUT2D eigenvalue weighted by Crippen LogP contribution is 2.25. The van der Waals surface area contributed by atoms with Crippen LogP contribution in [0.3, 0.4) is 0 Å². The molecule has 0 N–H and O–H groups in total. The summed E-state index contributed by atoms with van der Waals surface area (Å²) in [6.45, 7) is 6.99. The van der Waals surface area contributed by atoms with Crippen LogP contribution in [0.4, 0.5) is 15.8 Å². The van der Waals surface area contributed by atoms with Crippen LogP contribution in [0.5, 0.6) is 5.75 Å². The lowest BCUT2D eigenvalue weighted by Gasteiger charge is -2.37. The van der Waals surface area contributed by atoms with E-state index in [1.807, 2.05) is 4.90 Å². The molecule has 1 saturated heterocycles. The minimum Gasteiger partial charge on any atom is -0.484 e. The molecule has 1 aliphatic rings. The number of amides is 1. The van der Waals surface area contributed by atoms with Gasteiger partial charge in [0, 0.05) is 31.9 Å². The summed E-state index contributed by atoms with van der Waals surface area (Å²) in [6, 6.07) is 18.5. The van der Waals surface area contributed by atoms with E-state index in [1.54, 1.807) is 36.4 Å². The number of hydrogen-bond acceptors (Lipinski definition) is 5. The third-order valence-corrected chi connectivity index (χ3v) is 7.82. The van der Waals surface area contributed by atoms with Crippen molar-refractivity contribution in [3.63, 3.8) is 0 Å². The summed E-state index contributed by atoms with van der Waals surface area (Å²) in [5, 5.41) is 0.